The fourth-order valence-electron chi connectivity index (χ4n) is 4.18. The number of hydrogen-bond acceptors (Lipinski definition) is 4. The van der Waals surface area contributed by atoms with E-state index >= 15 is 0 Å². The summed E-state index contributed by atoms with van der Waals surface area (Å²) >= 11 is 0. The molecule has 1 aliphatic rings. The predicted molar refractivity (Wildman–Crippen MR) is 130 cm³/mol. The number of nitrogens with one attached hydrogen (secondary N) is 2. The number of rotatable bonds is 8. The van der Waals surface area contributed by atoms with Gasteiger partial charge in [-0.3, -0.25) is 14.6 Å². The largest absolute Gasteiger partial charge is 0.349 e. The summed E-state index contributed by atoms with van der Waals surface area (Å²) < 4.78 is 0. The van der Waals surface area contributed by atoms with Gasteiger partial charge in [-0.1, -0.05) is 51.0 Å². The van der Waals surface area contributed by atoms with Crippen molar-refractivity contribution in [1.82, 2.24) is 15.6 Å². The molecular weight excluding hydrogens is 412 g/mol. The molecule has 1 aromatic carbocycles. The van der Waals surface area contributed by atoms with Crippen molar-refractivity contribution in [3.8, 4) is 6.07 Å². The Labute approximate surface area is 196 Å². The second-order valence-corrected chi connectivity index (χ2v) is 9.03. The number of aromatic nitrogens is 1. The molecule has 172 valence electrons. The molecule has 3 rings (SSSR count). The molecule has 1 heterocycles. The lowest BCUT2D eigenvalue weighted by atomic mass is 9.83. The van der Waals surface area contributed by atoms with Crippen molar-refractivity contribution in [3.63, 3.8) is 0 Å². The van der Waals surface area contributed by atoms with E-state index in [1.54, 1.807) is 24.5 Å². The number of carbonyl (C=O) groups is 2. The van der Waals surface area contributed by atoms with Gasteiger partial charge >= 0.3 is 0 Å². The Morgan fingerprint density at radius 1 is 1.06 bits per heavy atom. The quantitative estimate of drug-likeness (QED) is 0.622. The van der Waals surface area contributed by atoms with Crippen LogP contribution in [-0.4, -0.2) is 28.9 Å². The maximum Gasteiger partial charge on any atom is 0.251 e. The van der Waals surface area contributed by atoms with Gasteiger partial charge in [0.05, 0.1) is 12.0 Å². The van der Waals surface area contributed by atoms with E-state index in [2.05, 4.69) is 21.7 Å². The number of nitrogens with zero attached hydrogens (tertiary/aromatic N) is 2. The van der Waals surface area contributed by atoms with Crippen LogP contribution < -0.4 is 10.6 Å². The smallest absolute Gasteiger partial charge is 0.251 e. The van der Waals surface area contributed by atoms with Crippen LogP contribution in [0.5, 0.6) is 0 Å². The Kier molecular flexibility index (Phi) is 8.77. The lowest BCUT2D eigenvalue weighted by Crippen LogP contribution is -2.50. The van der Waals surface area contributed by atoms with Crippen LogP contribution in [0.1, 0.15) is 67.4 Å². The molecule has 1 saturated carbocycles. The number of nitriles is 1. The Bertz CT molecular complexity index is 993. The SMILES string of the molecule is CC(C)C[C@@H](C#N)NC(=O)[C@@H]1CCCC[C@@H]1NC(=O)c1ccc(/C=C/c2ccncc2)cc1. The van der Waals surface area contributed by atoms with Gasteiger partial charge in [-0.2, -0.15) is 5.26 Å². The van der Waals surface area contributed by atoms with Gasteiger partial charge in [0.25, 0.3) is 5.91 Å². The average molecular weight is 445 g/mol. The van der Waals surface area contributed by atoms with Crippen LogP contribution in [0, 0.1) is 23.2 Å². The van der Waals surface area contributed by atoms with Crippen molar-refractivity contribution in [2.75, 3.05) is 0 Å². The maximum atomic E-state index is 12.9. The molecule has 1 aromatic heterocycles. The zero-order valence-corrected chi connectivity index (χ0v) is 19.3. The van der Waals surface area contributed by atoms with E-state index < -0.39 is 6.04 Å². The summed E-state index contributed by atoms with van der Waals surface area (Å²) in [5.74, 6) is -0.306. The highest BCUT2D eigenvalue weighted by Crippen LogP contribution is 2.25. The normalized spacial score (nSPS) is 19.1. The Morgan fingerprint density at radius 2 is 1.70 bits per heavy atom. The molecule has 0 aliphatic heterocycles. The third-order valence-electron chi connectivity index (χ3n) is 5.95. The van der Waals surface area contributed by atoms with Crippen LogP contribution >= 0.6 is 0 Å². The fraction of sp³-hybridized carbons (Fsp3) is 0.407. The Morgan fingerprint density at radius 3 is 2.33 bits per heavy atom. The highest BCUT2D eigenvalue weighted by atomic mass is 16.2. The predicted octanol–water partition coefficient (Wildman–Crippen LogP) is 4.60. The number of amides is 2. The van der Waals surface area contributed by atoms with E-state index in [-0.39, 0.29) is 23.8 Å². The zero-order chi connectivity index (χ0) is 23.6. The van der Waals surface area contributed by atoms with E-state index in [4.69, 9.17) is 0 Å². The van der Waals surface area contributed by atoms with Gasteiger partial charge in [0.1, 0.15) is 6.04 Å². The second-order valence-electron chi connectivity index (χ2n) is 9.03. The molecule has 0 radical (unpaired) electrons. The van der Waals surface area contributed by atoms with Crippen LogP contribution in [0.3, 0.4) is 0 Å². The highest BCUT2D eigenvalue weighted by Gasteiger charge is 2.33. The van der Waals surface area contributed by atoms with Gasteiger partial charge in [0.15, 0.2) is 0 Å². The minimum absolute atomic E-state index is 0.135. The molecule has 0 unspecified atom stereocenters. The van der Waals surface area contributed by atoms with Crippen molar-refractivity contribution >= 4 is 24.0 Å². The molecule has 3 atom stereocenters. The van der Waals surface area contributed by atoms with E-state index in [1.165, 1.54) is 0 Å². The standard InChI is InChI=1S/C27H32N4O2/c1-19(2)17-23(18-28)30-27(33)24-5-3-4-6-25(24)31-26(32)22-11-9-20(10-12-22)7-8-21-13-15-29-16-14-21/h7-16,19,23-25H,3-6,17H2,1-2H3,(H,30,33)(H,31,32)/b8-7+/t23-,24+,25-/m0/s1. The summed E-state index contributed by atoms with van der Waals surface area (Å²) in [6, 6.07) is 12.7. The fourth-order valence-corrected chi connectivity index (χ4v) is 4.18. The van der Waals surface area contributed by atoms with Crippen LogP contribution in [0.25, 0.3) is 12.2 Å². The first-order chi connectivity index (χ1) is 16.0. The van der Waals surface area contributed by atoms with Crippen molar-refractivity contribution < 1.29 is 9.59 Å². The van der Waals surface area contributed by atoms with Crippen molar-refractivity contribution in [2.45, 2.75) is 58.0 Å². The lowest BCUT2D eigenvalue weighted by molar-refractivity contribution is -0.127. The average Bonchev–Trinajstić information content (AvgIpc) is 2.83. The summed E-state index contributed by atoms with van der Waals surface area (Å²) in [6.07, 6.45) is 11.5. The van der Waals surface area contributed by atoms with Crippen molar-refractivity contribution in [1.29, 1.82) is 5.26 Å². The first-order valence-electron chi connectivity index (χ1n) is 11.7. The first-order valence-corrected chi connectivity index (χ1v) is 11.7. The van der Waals surface area contributed by atoms with Gasteiger partial charge in [-0.15, -0.1) is 0 Å². The summed E-state index contributed by atoms with van der Waals surface area (Å²) in [7, 11) is 0. The molecule has 1 aliphatic carbocycles. The van der Waals surface area contributed by atoms with Gasteiger partial charge < -0.3 is 10.6 Å². The molecule has 2 amide bonds. The van der Waals surface area contributed by atoms with E-state index in [1.807, 2.05) is 50.3 Å². The van der Waals surface area contributed by atoms with Crippen LogP contribution in [0.2, 0.25) is 0 Å². The highest BCUT2D eigenvalue weighted by molar-refractivity contribution is 5.95. The molecule has 2 aromatic rings. The maximum absolute atomic E-state index is 12.9. The van der Waals surface area contributed by atoms with Gasteiger partial charge in [-0.25, -0.2) is 0 Å². The Balaban J connectivity index is 1.61. The van der Waals surface area contributed by atoms with Gasteiger partial charge in [0, 0.05) is 24.0 Å². The molecule has 6 nitrogen and oxygen atoms in total. The van der Waals surface area contributed by atoms with Crippen molar-refractivity contribution in [3.05, 3.63) is 65.5 Å². The van der Waals surface area contributed by atoms with Crippen molar-refractivity contribution in [2.24, 2.45) is 11.8 Å². The monoisotopic (exact) mass is 444 g/mol. The summed E-state index contributed by atoms with van der Waals surface area (Å²) in [5.41, 5.74) is 2.61. The second kappa shape index (κ2) is 12.0. The lowest BCUT2D eigenvalue weighted by Gasteiger charge is -2.32. The molecule has 1 fully saturated rings. The molecule has 6 heteroatoms. The van der Waals surface area contributed by atoms with Gasteiger partial charge in [0.2, 0.25) is 5.91 Å². The van der Waals surface area contributed by atoms with Crippen LogP contribution in [-0.2, 0) is 4.79 Å². The third kappa shape index (κ3) is 7.28. The number of benzene rings is 1. The topological polar surface area (TPSA) is 94.9 Å². The zero-order valence-electron chi connectivity index (χ0n) is 19.3. The Hall–Kier alpha value is -3.46. The first kappa shape index (κ1) is 24.2. The van der Waals surface area contributed by atoms with Gasteiger partial charge in [-0.05, 0) is 60.6 Å². The molecular formula is C27H32N4O2. The minimum atomic E-state index is -0.497. The number of hydrogen-bond donors (Lipinski definition) is 2. The third-order valence-corrected chi connectivity index (χ3v) is 5.95. The summed E-state index contributed by atoms with van der Waals surface area (Å²) in [5, 5.41) is 15.3. The van der Waals surface area contributed by atoms with E-state index in [9.17, 15) is 14.9 Å². The molecule has 2 N–H and O–H groups in total. The van der Waals surface area contributed by atoms with Crippen LogP contribution in [0.15, 0.2) is 48.8 Å². The van der Waals surface area contributed by atoms with E-state index in [0.29, 0.717) is 17.9 Å². The van der Waals surface area contributed by atoms with Crippen LogP contribution in [0.4, 0.5) is 0 Å². The number of pyridine rings is 1. The molecule has 0 bridgehead atoms. The summed E-state index contributed by atoms with van der Waals surface area (Å²) in [4.78, 5) is 29.8. The van der Waals surface area contributed by atoms with E-state index in [0.717, 1.165) is 36.8 Å². The molecule has 0 saturated heterocycles. The number of carbonyl (C=O) groups excluding carboxylic acids is 2. The molecule has 0 spiro atoms. The molecule has 33 heavy (non-hydrogen) atoms. The minimum Gasteiger partial charge on any atom is -0.349 e. The summed E-state index contributed by atoms with van der Waals surface area (Å²) in [6.45, 7) is 4.06.